The summed E-state index contributed by atoms with van der Waals surface area (Å²) in [6.07, 6.45) is 6.18. The highest BCUT2D eigenvalue weighted by Gasteiger charge is 1.91. The third kappa shape index (κ3) is 51.8. The number of hydrogen-bond donors (Lipinski definition) is 3. The number of nitrogens with one attached hydrogen (secondary N) is 1. The number of carboxylic acids is 1. The fourth-order valence-electron chi connectivity index (χ4n) is 0.643. The Morgan fingerprint density at radius 1 is 1.04 bits per heavy atom. The summed E-state index contributed by atoms with van der Waals surface area (Å²) in [7, 11) is 0. The van der Waals surface area contributed by atoms with Crippen LogP contribution in [0, 0.1) is 0 Å². The topological polar surface area (TPSA) is 139 Å². The van der Waals surface area contributed by atoms with Crippen molar-refractivity contribution < 1.29 is 38.9 Å². The van der Waals surface area contributed by atoms with Gasteiger partial charge < -0.3 is 25.0 Å². The maximum Gasteiger partial charge on any atom is 0.330 e. The summed E-state index contributed by atoms with van der Waals surface area (Å²) in [5, 5.41) is 17.7. The Hall–Kier alpha value is -3.20. The van der Waals surface area contributed by atoms with Gasteiger partial charge in [-0.25, -0.2) is 9.59 Å². The number of carbonyl (C=O) groups is 4. The van der Waals surface area contributed by atoms with Gasteiger partial charge in [0.2, 0.25) is 5.91 Å². The molecule has 0 unspecified atom stereocenters. The first-order valence-electron chi connectivity index (χ1n) is 7.60. The molecule has 27 heavy (non-hydrogen) atoms. The molecule has 0 bridgehead atoms. The van der Waals surface area contributed by atoms with Crippen molar-refractivity contribution in [3.8, 4) is 0 Å². The summed E-state index contributed by atoms with van der Waals surface area (Å²) in [5.41, 5.74) is 0. The number of carboxylic acid groups (broad SMARTS) is 1. The summed E-state index contributed by atoms with van der Waals surface area (Å²) in [4.78, 5) is 39.4. The number of rotatable bonds is 8. The lowest BCUT2D eigenvalue weighted by Gasteiger charge is -1.97. The van der Waals surface area contributed by atoms with Gasteiger partial charge >= 0.3 is 17.9 Å². The first-order chi connectivity index (χ1) is 12.7. The molecule has 0 aliphatic heterocycles. The molecular weight excluding hydrogens is 358 g/mol. The van der Waals surface area contributed by atoms with Crippen LogP contribution in [-0.4, -0.2) is 47.4 Å². The van der Waals surface area contributed by atoms with Crippen molar-refractivity contribution in [2.75, 3.05) is 13.3 Å². The Morgan fingerprint density at radius 3 is 1.74 bits per heavy atom. The molecule has 0 fully saturated rings. The zero-order chi connectivity index (χ0) is 22.1. The van der Waals surface area contributed by atoms with Crippen LogP contribution in [0.2, 0.25) is 0 Å². The second-order valence-corrected chi connectivity index (χ2v) is 3.95. The average Bonchev–Trinajstić information content (AvgIpc) is 2.63. The van der Waals surface area contributed by atoms with Crippen LogP contribution in [0.15, 0.2) is 50.8 Å². The van der Waals surface area contributed by atoms with E-state index in [1.807, 2.05) is 6.92 Å². The van der Waals surface area contributed by atoms with Crippen molar-refractivity contribution in [3.05, 3.63) is 50.8 Å². The largest absolute Gasteiger partial charge is 0.478 e. The minimum Gasteiger partial charge on any atom is -0.478 e. The Morgan fingerprint density at radius 2 is 1.56 bits per heavy atom. The maximum atomic E-state index is 10.3. The van der Waals surface area contributed by atoms with Crippen LogP contribution in [0.4, 0.5) is 0 Å². The average molecular weight is 387 g/mol. The third-order valence-electron chi connectivity index (χ3n) is 1.77. The van der Waals surface area contributed by atoms with Gasteiger partial charge in [0.25, 0.3) is 0 Å². The standard InChI is InChI=1S/C7H12O2.C4H7NO2.C4H6O2.C3H4O2/c1-3-5-6-9-7(8)4-2;1-2-4(7)5-3-6;1-3-6-4(2)5;1-2-3(4)5/h4H,2-3,5-6H2,1H3;2,6H,1,3H2,(H,5,7);3H,1H2,2H3;2H,1H2,(H,4,5). The summed E-state index contributed by atoms with van der Waals surface area (Å²) in [5.74, 6) is -2.00. The predicted molar refractivity (Wildman–Crippen MR) is 101 cm³/mol. The van der Waals surface area contributed by atoms with Crippen LogP contribution in [0.1, 0.15) is 26.7 Å². The molecule has 9 nitrogen and oxygen atoms in total. The lowest BCUT2D eigenvalue weighted by Crippen LogP contribution is -2.20. The highest BCUT2D eigenvalue weighted by Crippen LogP contribution is 1.88. The normalized spacial score (nSPS) is 7.52. The van der Waals surface area contributed by atoms with Gasteiger partial charge in [0.1, 0.15) is 6.73 Å². The van der Waals surface area contributed by atoms with Crippen LogP contribution >= 0.6 is 0 Å². The van der Waals surface area contributed by atoms with E-state index in [4.69, 9.17) is 10.2 Å². The summed E-state index contributed by atoms with van der Waals surface area (Å²) >= 11 is 0. The van der Waals surface area contributed by atoms with Crippen LogP contribution in [0.5, 0.6) is 0 Å². The van der Waals surface area contributed by atoms with E-state index in [2.05, 4.69) is 41.1 Å². The van der Waals surface area contributed by atoms with Crippen molar-refractivity contribution in [1.29, 1.82) is 0 Å². The van der Waals surface area contributed by atoms with E-state index in [-0.39, 0.29) is 24.6 Å². The van der Waals surface area contributed by atoms with Gasteiger partial charge in [-0.05, 0) is 12.5 Å². The fraction of sp³-hybridized carbons (Fsp3) is 0.333. The van der Waals surface area contributed by atoms with E-state index in [0.29, 0.717) is 6.61 Å². The Kier molecular flexibility index (Phi) is 32.3. The van der Waals surface area contributed by atoms with Crippen molar-refractivity contribution in [1.82, 2.24) is 5.32 Å². The zero-order valence-electron chi connectivity index (χ0n) is 15.8. The lowest BCUT2D eigenvalue weighted by atomic mass is 10.4. The number of unbranched alkanes of at least 4 members (excludes halogenated alkanes) is 1. The molecule has 0 aromatic heterocycles. The van der Waals surface area contributed by atoms with E-state index in [1.165, 1.54) is 13.0 Å². The molecule has 9 heteroatoms. The molecule has 3 N–H and O–H groups in total. The van der Waals surface area contributed by atoms with E-state index in [9.17, 15) is 19.2 Å². The van der Waals surface area contributed by atoms with Gasteiger partial charge in [-0.1, -0.05) is 39.7 Å². The van der Waals surface area contributed by atoms with Gasteiger partial charge in [0.15, 0.2) is 0 Å². The van der Waals surface area contributed by atoms with Gasteiger partial charge in [0.05, 0.1) is 12.9 Å². The van der Waals surface area contributed by atoms with E-state index < -0.39 is 5.97 Å². The molecule has 0 saturated heterocycles. The van der Waals surface area contributed by atoms with Gasteiger partial charge in [0, 0.05) is 19.1 Å². The second-order valence-electron chi connectivity index (χ2n) is 3.95. The van der Waals surface area contributed by atoms with E-state index in [1.54, 1.807) is 0 Å². The minimum atomic E-state index is -0.981. The third-order valence-corrected chi connectivity index (χ3v) is 1.77. The number of carbonyl (C=O) groups excluding carboxylic acids is 3. The van der Waals surface area contributed by atoms with Crippen LogP contribution in [-0.2, 0) is 28.7 Å². The highest BCUT2D eigenvalue weighted by atomic mass is 16.5. The molecule has 0 aliphatic rings. The smallest absolute Gasteiger partial charge is 0.330 e. The number of aliphatic hydroxyl groups is 1. The summed E-state index contributed by atoms with van der Waals surface area (Å²) < 4.78 is 8.84. The number of aliphatic carboxylic acids is 1. The molecule has 0 radical (unpaired) electrons. The van der Waals surface area contributed by atoms with Crippen LogP contribution in [0.25, 0.3) is 0 Å². The van der Waals surface area contributed by atoms with Crippen molar-refractivity contribution in [2.24, 2.45) is 0 Å². The quantitative estimate of drug-likeness (QED) is 0.188. The van der Waals surface area contributed by atoms with Gasteiger partial charge in [-0.2, -0.15) is 0 Å². The number of amides is 1. The molecule has 0 heterocycles. The molecule has 0 spiro atoms. The SMILES string of the molecule is C=CC(=O)NCO.C=CC(=O)O.C=CC(=O)OCCCC.C=COC(C)=O. The van der Waals surface area contributed by atoms with Crippen LogP contribution < -0.4 is 5.32 Å². The minimum absolute atomic E-state index is 0.329. The fourth-order valence-corrected chi connectivity index (χ4v) is 0.643. The van der Waals surface area contributed by atoms with Crippen LogP contribution in [0.3, 0.4) is 0 Å². The Labute approximate surface area is 159 Å². The molecule has 0 aromatic carbocycles. The Balaban J connectivity index is -0.000000134. The lowest BCUT2D eigenvalue weighted by molar-refractivity contribution is -0.138. The van der Waals surface area contributed by atoms with Crippen molar-refractivity contribution >= 4 is 23.8 Å². The van der Waals surface area contributed by atoms with E-state index in [0.717, 1.165) is 31.3 Å². The molecule has 0 saturated carbocycles. The second kappa shape index (κ2) is 27.6. The number of ether oxygens (including phenoxy) is 2. The van der Waals surface area contributed by atoms with Crippen molar-refractivity contribution in [2.45, 2.75) is 26.7 Å². The van der Waals surface area contributed by atoms with Crippen molar-refractivity contribution in [3.63, 3.8) is 0 Å². The van der Waals surface area contributed by atoms with Gasteiger partial charge in [-0.3, -0.25) is 9.59 Å². The molecule has 154 valence electrons. The maximum absolute atomic E-state index is 10.3. The molecule has 1 amide bonds. The zero-order valence-corrected chi connectivity index (χ0v) is 15.8. The monoisotopic (exact) mass is 387 g/mol. The molecule has 0 rings (SSSR count). The number of aliphatic hydroxyl groups excluding tert-OH is 1. The summed E-state index contributed by atoms with van der Waals surface area (Å²) in [6.45, 7) is 16.1. The first kappa shape index (κ1) is 31.6. The molecule has 0 aliphatic carbocycles. The molecule has 0 atom stereocenters. The Bertz CT molecular complexity index is 472. The highest BCUT2D eigenvalue weighted by molar-refractivity contribution is 5.86. The van der Waals surface area contributed by atoms with E-state index >= 15 is 0 Å². The number of hydrogen-bond acceptors (Lipinski definition) is 7. The molecular formula is C18H29NO8. The number of esters is 2. The predicted octanol–water partition coefficient (Wildman–Crippen LogP) is 1.70. The first-order valence-corrected chi connectivity index (χ1v) is 7.60. The summed E-state index contributed by atoms with van der Waals surface area (Å²) in [6, 6.07) is 0. The molecule has 0 aromatic rings. The van der Waals surface area contributed by atoms with Gasteiger partial charge in [-0.15, -0.1) is 0 Å².